The highest BCUT2D eigenvalue weighted by Gasteiger charge is 2.29. The van der Waals surface area contributed by atoms with Crippen molar-refractivity contribution in [3.63, 3.8) is 0 Å². The van der Waals surface area contributed by atoms with Crippen LogP contribution in [0.3, 0.4) is 0 Å². The largest absolute Gasteiger partial charge is 0.320 e. The van der Waals surface area contributed by atoms with Crippen molar-refractivity contribution < 1.29 is 9.18 Å². The summed E-state index contributed by atoms with van der Waals surface area (Å²) in [6.07, 6.45) is 0.180. The highest BCUT2D eigenvalue weighted by atomic mass is 35.5. The van der Waals surface area contributed by atoms with Crippen LogP contribution in [0, 0.1) is 17.1 Å². The molecule has 6 heteroatoms. The molecular weight excluding hydrogens is 359 g/mol. The van der Waals surface area contributed by atoms with Crippen LogP contribution in [0.2, 0.25) is 5.02 Å². The Balaban J connectivity index is 1.86. The van der Waals surface area contributed by atoms with E-state index >= 15 is 0 Å². The molecule has 25 heavy (non-hydrogen) atoms. The lowest BCUT2D eigenvalue weighted by atomic mass is 9.87. The number of nitrogens with one attached hydrogen (secondary N) is 1. The zero-order valence-corrected chi connectivity index (χ0v) is 14.7. The molecule has 1 atom stereocenters. The van der Waals surface area contributed by atoms with Crippen molar-refractivity contribution in [2.24, 2.45) is 0 Å². The summed E-state index contributed by atoms with van der Waals surface area (Å²) >= 11 is 7.28. The first kappa shape index (κ1) is 17.5. The van der Waals surface area contributed by atoms with Gasteiger partial charge in [0.25, 0.3) is 0 Å². The molecule has 3 nitrogen and oxygen atoms in total. The predicted molar refractivity (Wildman–Crippen MR) is 97.3 cm³/mol. The Morgan fingerprint density at radius 3 is 2.52 bits per heavy atom. The van der Waals surface area contributed by atoms with Gasteiger partial charge in [-0.25, -0.2) is 4.39 Å². The molecule has 1 aliphatic rings. The average Bonchev–Trinajstić information content (AvgIpc) is 2.61. The molecule has 1 heterocycles. The van der Waals surface area contributed by atoms with E-state index in [0.717, 1.165) is 11.1 Å². The van der Waals surface area contributed by atoms with Gasteiger partial charge in [-0.3, -0.25) is 4.79 Å². The summed E-state index contributed by atoms with van der Waals surface area (Å²) < 4.78 is 13.2. The molecule has 0 saturated carbocycles. The maximum Gasteiger partial charge on any atom is 0.225 e. The van der Waals surface area contributed by atoms with Crippen LogP contribution in [0.25, 0.3) is 0 Å². The van der Waals surface area contributed by atoms with Gasteiger partial charge < -0.3 is 5.32 Å². The third-order valence-electron chi connectivity index (χ3n) is 3.92. The summed E-state index contributed by atoms with van der Waals surface area (Å²) in [6, 6.07) is 15.6. The second kappa shape index (κ2) is 7.73. The van der Waals surface area contributed by atoms with Gasteiger partial charge in [0.1, 0.15) is 5.82 Å². The van der Waals surface area contributed by atoms with E-state index in [-0.39, 0.29) is 24.1 Å². The van der Waals surface area contributed by atoms with Crippen molar-refractivity contribution in [3.05, 3.63) is 81.1 Å². The van der Waals surface area contributed by atoms with Crippen molar-refractivity contribution in [1.82, 2.24) is 5.32 Å². The first-order valence-corrected chi connectivity index (χ1v) is 9.00. The van der Waals surface area contributed by atoms with Crippen LogP contribution < -0.4 is 5.32 Å². The third-order valence-corrected chi connectivity index (χ3v) is 5.27. The van der Waals surface area contributed by atoms with E-state index in [1.165, 1.54) is 23.9 Å². The average molecular weight is 373 g/mol. The molecular formula is C19H14ClFN2OS. The highest BCUT2D eigenvalue weighted by molar-refractivity contribution is 8.02. The standard InChI is InChI=1S/C19H14ClFN2OS/c20-14-5-1-12(2-6-14)11-25-19-17(10-22)16(9-18(24)23-19)13-3-7-15(21)8-4-13/h1-8,16H,9,11H2,(H,23,24). The number of thioether (sulfide) groups is 1. The van der Waals surface area contributed by atoms with Crippen LogP contribution in [0.1, 0.15) is 23.5 Å². The lowest BCUT2D eigenvalue weighted by Gasteiger charge is -2.25. The summed E-state index contributed by atoms with van der Waals surface area (Å²) in [5.74, 6) is -0.239. The number of carbonyl (C=O) groups excluding carboxylic acids is 1. The monoisotopic (exact) mass is 372 g/mol. The predicted octanol–water partition coefficient (Wildman–Crippen LogP) is 4.75. The number of nitrogens with zero attached hydrogens (tertiary/aromatic N) is 1. The van der Waals surface area contributed by atoms with Crippen molar-refractivity contribution in [2.75, 3.05) is 0 Å². The van der Waals surface area contributed by atoms with Crippen LogP contribution in [-0.2, 0) is 10.5 Å². The van der Waals surface area contributed by atoms with Gasteiger partial charge in [0.05, 0.1) is 16.7 Å². The van der Waals surface area contributed by atoms with Gasteiger partial charge in [0.2, 0.25) is 5.91 Å². The Kier molecular flexibility index (Phi) is 5.42. The van der Waals surface area contributed by atoms with Crippen LogP contribution >= 0.6 is 23.4 Å². The lowest BCUT2D eigenvalue weighted by molar-refractivity contribution is -0.120. The zero-order valence-electron chi connectivity index (χ0n) is 13.1. The number of nitriles is 1. The number of benzene rings is 2. The summed E-state index contributed by atoms with van der Waals surface area (Å²) in [4.78, 5) is 12.1. The molecule has 0 bridgehead atoms. The molecule has 0 aromatic heterocycles. The van der Waals surface area contributed by atoms with Crippen molar-refractivity contribution >= 4 is 29.3 Å². The number of rotatable bonds is 4. The van der Waals surface area contributed by atoms with Crippen LogP contribution in [0.5, 0.6) is 0 Å². The van der Waals surface area contributed by atoms with Crippen molar-refractivity contribution in [1.29, 1.82) is 5.26 Å². The van der Waals surface area contributed by atoms with Crippen LogP contribution in [-0.4, -0.2) is 5.91 Å². The summed E-state index contributed by atoms with van der Waals surface area (Å²) in [5.41, 5.74) is 2.31. The van der Waals surface area contributed by atoms with Gasteiger partial charge in [-0.15, -0.1) is 11.8 Å². The van der Waals surface area contributed by atoms with E-state index in [0.29, 0.717) is 21.4 Å². The summed E-state index contributed by atoms with van der Waals surface area (Å²) in [6.45, 7) is 0. The molecule has 0 spiro atoms. The Hall–Kier alpha value is -2.29. The molecule has 3 rings (SSSR count). The molecule has 1 aliphatic heterocycles. The maximum atomic E-state index is 13.2. The number of hydrogen-bond acceptors (Lipinski definition) is 3. The van der Waals surface area contributed by atoms with E-state index < -0.39 is 0 Å². The van der Waals surface area contributed by atoms with E-state index in [1.54, 1.807) is 24.3 Å². The molecule has 1 unspecified atom stereocenters. The zero-order chi connectivity index (χ0) is 17.8. The quantitative estimate of drug-likeness (QED) is 0.842. The van der Waals surface area contributed by atoms with Crippen molar-refractivity contribution in [3.8, 4) is 6.07 Å². The number of halogens is 2. The molecule has 0 aliphatic carbocycles. The molecule has 2 aromatic carbocycles. The lowest BCUT2D eigenvalue weighted by Crippen LogP contribution is -2.30. The van der Waals surface area contributed by atoms with Gasteiger partial charge in [-0.2, -0.15) is 5.26 Å². The molecule has 1 N–H and O–H groups in total. The van der Waals surface area contributed by atoms with Crippen LogP contribution in [0.15, 0.2) is 59.1 Å². The van der Waals surface area contributed by atoms with E-state index in [2.05, 4.69) is 11.4 Å². The third kappa shape index (κ3) is 4.22. The Morgan fingerprint density at radius 2 is 1.88 bits per heavy atom. The summed E-state index contributed by atoms with van der Waals surface area (Å²) in [7, 11) is 0. The molecule has 0 saturated heterocycles. The highest BCUT2D eigenvalue weighted by Crippen LogP contribution is 2.36. The fraction of sp³-hybridized carbons (Fsp3) is 0.158. The minimum absolute atomic E-state index is 0.146. The van der Waals surface area contributed by atoms with Gasteiger partial charge in [-0.1, -0.05) is 35.9 Å². The second-order valence-corrected chi connectivity index (χ2v) is 7.05. The Bertz CT molecular complexity index is 856. The number of carbonyl (C=O) groups is 1. The number of amides is 1. The smallest absolute Gasteiger partial charge is 0.225 e. The minimum atomic E-state index is -0.355. The summed E-state index contributed by atoms with van der Waals surface area (Å²) in [5, 5.41) is 13.6. The molecule has 126 valence electrons. The van der Waals surface area contributed by atoms with Gasteiger partial charge in [0.15, 0.2) is 0 Å². The second-order valence-electron chi connectivity index (χ2n) is 5.63. The Morgan fingerprint density at radius 1 is 1.20 bits per heavy atom. The molecule has 0 fully saturated rings. The van der Waals surface area contributed by atoms with E-state index in [1.807, 2.05) is 12.1 Å². The van der Waals surface area contributed by atoms with Gasteiger partial charge >= 0.3 is 0 Å². The fourth-order valence-corrected chi connectivity index (χ4v) is 3.81. The van der Waals surface area contributed by atoms with Gasteiger partial charge in [-0.05, 0) is 35.4 Å². The maximum absolute atomic E-state index is 13.2. The van der Waals surface area contributed by atoms with Crippen molar-refractivity contribution in [2.45, 2.75) is 18.1 Å². The number of allylic oxidation sites excluding steroid dienone is 1. The first-order chi connectivity index (χ1) is 12.1. The first-order valence-electron chi connectivity index (χ1n) is 7.63. The van der Waals surface area contributed by atoms with Crippen LogP contribution in [0.4, 0.5) is 4.39 Å². The van der Waals surface area contributed by atoms with Gasteiger partial charge in [0, 0.05) is 23.1 Å². The number of hydrogen-bond donors (Lipinski definition) is 1. The SMILES string of the molecule is N#CC1=C(SCc2ccc(Cl)cc2)NC(=O)CC1c1ccc(F)cc1. The topological polar surface area (TPSA) is 52.9 Å². The fourth-order valence-electron chi connectivity index (χ4n) is 2.65. The van der Waals surface area contributed by atoms with E-state index in [4.69, 9.17) is 11.6 Å². The molecule has 1 amide bonds. The normalized spacial score (nSPS) is 17.2. The molecule has 2 aromatic rings. The molecule has 0 radical (unpaired) electrons. The minimum Gasteiger partial charge on any atom is -0.320 e. The van der Waals surface area contributed by atoms with E-state index in [9.17, 15) is 14.4 Å². The Labute approximate surface area is 154 Å².